The summed E-state index contributed by atoms with van der Waals surface area (Å²) < 4.78 is 5.29. The van der Waals surface area contributed by atoms with E-state index < -0.39 is 0 Å². The van der Waals surface area contributed by atoms with E-state index in [0.29, 0.717) is 13.2 Å². The van der Waals surface area contributed by atoms with E-state index in [2.05, 4.69) is 17.9 Å². The Morgan fingerprint density at radius 2 is 2.00 bits per heavy atom. The summed E-state index contributed by atoms with van der Waals surface area (Å²) in [5.74, 6) is 0.232. The van der Waals surface area contributed by atoms with Crippen molar-refractivity contribution in [1.29, 1.82) is 0 Å². The fourth-order valence-corrected chi connectivity index (χ4v) is 1.09. The van der Waals surface area contributed by atoms with Crippen LogP contribution in [0.1, 0.15) is 27.7 Å². The van der Waals surface area contributed by atoms with Gasteiger partial charge in [-0.3, -0.25) is 4.79 Å². The first-order valence-electron chi connectivity index (χ1n) is 5.06. The molecule has 0 aromatic carbocycles. The van der Waals surface area contributed by atoms with E-state index in [1.165, 1.54) is 0 Å². The smallest absolute Gasteiger partial charge is 0.233 e. The van der Waals surface area contributed by atoms with Crippen LogP contribution in [0.5, 0.6) is 0 Å². The van der Waals surface area contributed by atoms with Gasteiger partial charge in [0.25, 0.3) is 0 Å². The summed E-state index contributed by atoms with van der Waals surface area (Å²) in [6, 6.07) is 0. The standard InChI is InChI=1S/C10H21NO2S/c1-5-13-8(4)6-11-10(12)9(14)7(2)3/h7-9,14H,5-6H2,1-4H3,(H,11,12). The highest BCUT2D eigenvalue weighted by molar-refractivity contribution is 7.81. The van der Waals surface area contributed by atoms with Crippen molar-refractivity contribution in [2.45, 2.75) is 39.0 Å². The number of ether oxygens (including phenoxy) is 1. The molecular formula is C10H21NO2S. The number of nitrogens with one attached hydrogen (secondary N) is 1. The van der Waals surface area contributed by atoms with Crippen molar-refractivity contribution in [3.63, 3.8) is 0 Å². The number of hydrogen-bond acceptors (Lipinski definition) is 3. The van der Waals surface area contributed by atoms with Gasteiger partial charge in [-0.2, -0.15) is 12.6 Å². The Labute approximate surface area is 92.0 Å². The number of thiol groups is 1. The lowest BCUT2D eigenvalue weighted by Crippen LogP contribution is -2.38. The number of carbonyl (C=O) groups is 1. The van der Waals surface area contributed by atoms with Crippen LogP contribution in [0.3, 0.4) is 0 Å². The molecule has 0 aromatic heterocycles. The molecule has 0 saturated heterocycles. The largest absolute Gasteiger partial charge is 0.377 e. The molecule has 0 aromatic rings. The average Bonchev–Trinajstić information content (AvgIpc) is 2.13. The van der Waals surface area contributed by atoms with E-state index in [4.69, 9.17) is 4.74 Å². The molecule has 0 fully saturated rings. The maximum absolute atomic E-state index is 11.5. The van der Waals surface area contributed by atoms with Gasteiger partial charge in [0.05, 0.1) is 11.4 Å². The molecule has 0 heterocycles. The van der Waals surface area contributed by atoms with E-state index in [-0.39, 0.29) is 23.2 Å². The lowest BCUT2D eigenvalue weighted by Gasteiger charge is -2.17. The highest BCUT2D eigenvalue weighted by Gasteiger charge is 2.17. The summed E-state index contributed by atoms with van der Waals surface area (Å²) in [5.41, 5.74) is 0. The molecular weight excluding hydrogens is 198 g/mol. The molecule has 1 N–H and O–H groups in total. The SMILES string of the molecule is CCOC(C)CNC(=O)C(S)C(C)C. The number of hydrogen-bond donors (Lipinski definition) is 2. The van der Waals surface area contributed by atoms with Gasteiger partial charge in [0.1, 0.15) is 0 Å². The fraction of sp³-hybridized carbons (Fsp3) is 0.900. The number of rotatable bonds is 6. The van der Waals surface area contributed by atoms with Gasteiger partial charge in [-0.15, -0.1) is 0 Å². The molecule has 4 heteroatoms. The van der Waals surface area contributed by atoms with Crippen LogP contribution in [-0.2, 0) is 9.53 Å². The first-order valence-corrected chi connectivity index (χ1v) is 5.58. The van der Waals surface area contributed by atoms with Gasteiger partial charge in [-0.1, -0.05) is 13.8 Å². The molecule has 0 bridgehead atoms. The van der Waals surface area contributed by atoms with Crippen LogP contribution in [0.25, 0.3) is 0 Å². The molecule has 0 radical (unpaired) electrons. The molecule has 0 spiro atoms. The minimum atomic E-state index is -0.233. The van der Waals surface area contributed by atoms with Crippen LogP contribution >= 0.6 is 12.6 Å². The zero-order chi connectivity index (χ0) is 11.1. The summed E-state index contributed by atoms with van der Waals surface area (Å²) in [6.07, 6.45) is 0.0663. The molecule has 0 aliphatic heterocycles. The molecule has 0 aliphatic carbocycles. The Morgan fingerprint density at radius 1 is 1.43 bits per heavy atom. The van der Waals surface area contributed by atoms with Crippen LogP contribution in [0, 0.1) is 5.92 Å². The minimum Gasteiger partial charge on any atom is -0.377 e. The van der Waals surface area contributed by atoms with Crippen molar-refractivity contribution >= 4 is 18.5 Å². The number of amides is 1. The Morgan fingerprint density at radius 3 is 2.43 bits per heavy atom. The third kappa shape index (κ3) is 5.50. The van der Waals surface area contributed by atoms with Crippen LogP contribution in [0.15, 0.2) is 0 Å². The second kappa shape index (κ2) is 7.12. The summed E-state index contributed by atoms with van der Waals surface area (Å²) in [4.78, 5) is 11.5. The van der Waals surface area contributed by atoms with E-state index >= 15 is 0 Å². The predicted molar refractivity (Wildman–Crippen MR) is 61.7 cm³/mol. The predicted octanol–water partition coefficient (Wildman–Crippen LogP) is 1.48. The van der Waals surface area contributed by atoms with Gasteiger partial charge in [-0.05, 0) is 19.8 Å². The molecule has 1 amide bonds. The maximum atomic E-state index is 11.5. The molecule has 0 saturated carbocycles. The van der Waals surface area contributed by atoms with Crippen molar-refractivity contribution in [3.8, 4) is 0 Å². The zero-order valence-electron chi connectivity index (χ0n) is 9.41. The lowest BCUT2D eigenvalue weighted by molar-refractivity contribution is -0.121. The molecule has 0 aliphatic rings. The van der Waals surface area contributed by atoms with Crippen LogP contribution < -0.4 is 5.32 Å². The van der Waals surface area contributed by atoms with Crippen molar-refractivity contribution in [3.05, 3.63) is 0 Å². The normalized spacial score (nSPS) is 15.3. The molecule has 0 rings (SSSR count). The zero-order valence-corrected chi connectivity index (χ0v) is 10.3. The fourth-order valence-electron chi connectivity index (χ4n) is 0.995. The summed E-state index contributed by atoms with van der Waals surface area (Å²) in [7, 11) is 0. The van der Waals surface area contributed by atoms with Crippen molar-refractivity contribution < 1.29 is 9.53 Å². The summed E-state index contributed by atoms with van der Waals surface area (Å²) >= 11 is 4.22. The quantitative estimate of drug-likeness (QED) is 0.664. The second-order valence-electron chi connectivity index (χ2n) is 3.70. The highest BCUT2D eigenvalue weighted by Crippen LogP contribution is 2.08. The monoisotopic (exact) mass is 219 g/mol. The van der Waals surface area contributed by atoms with Gasteiger partial charge in [0.15, 0.2) is 0 Å². The van der Waals surface area contributed by atoms with Gasteiger partial charge in [0, 0.05) is 13.2 Å². The van der Waals surface area contributed by atoms with E-state index in [9.17, 15) is 4.79 Å². The van der Waals surface area contributed by atoms with Crippen molar-refractivity contribution in [2.24, 2.45) is 5.92 Å². The molecule has 2 unspecified atom stereocenters. The topological polar surface area (TPSA) is 38.3 Å². The second-order valence-corrected chi connectivity index (χ2v) is 4.26. The maximum Gasteiger partial charge on any atom is 0.233 e. The van der Waals surface area contributed by atoms with Crippen LogP contribution in [-0.4, -0.2) is 30.4 Å². The van der Waals surface area contributed by atoms with Crippen molar-refractivity contribution in [1.82, 2.24) is 5.32 Å². The minimum absolute atomic E-state index is 0.0186. The summed E-state index contributed by atoms with van der Waals surface area (Å²) in [5, 5.41) is 2.58. The molecule has 3 nitrogen and oxygen atoms in total. The first-order chi connectivity index (χ1) is 6.49. The van der Waals surface area contributed by atoms with Crippen LogP contribution in [0.2, 0.25) is 0 Å². The van der Waals surface area contributed by atoms with Crippen LogP contribution in [0.4, 0.5) is 0 Å². The van der Waals surface area contributed by atoms with E-state index in [0.717, 1.165) is 0 Å². The van der Waals surface area contributed by atoms with E-state index in [1.54, 1.807) is 0 Å². The van der Waals surface area contributed by atoms with E-state index in [1.807, 2.05) is 27.7 Å². The van der Waals surface area contributed by atoms with Gasteiger partial charge in [-0.25, -0.2) is 0 Å². The Balaban J connectivity index is 3.73. The third-order valence-corrected chi connectivity index (χ3v) is 2.75. The molecule has 84 valence electrons. The first kappa shape index (κ1) is 13.8. The highest BCUT2D eigenvalue weighted by atomic mass is 32.1. The molecule has 2 atom stereocenters. The van der Waals surface area contributed by atoms with Gasteiger partial charge in [0.2, 0.25) is 5.91 Å². The molecule has 14 heavy (non-hydrogen) atoms. The van der Waals surface area contributed by atoms with Gasteiger partial charge < -0.3 is 10.1 Å². The Bertz CT molecular complexity index is 174. The Hall–Kier alpha value is -0.220. The third-order valence-electron chi connectivity index (χ3n) is 1.92. The number of carbonyl (C=O) groups excluding carboxylic acids is 1. The van der Waals surface area contributed by atoms with Crippen molar-refractivity contribution in [2.75, 3.05) is 13.2 Å². The lowest BCUT2D eigenvalue weighted by atomic mass is 10.1. The average molecular weight is 219 g/mol. The summed E-state index contributed by atoms with van der Waals surface area (Å²) in [6.45, 7) is 9.05. The Kier molecular flexibility index (Phi) is 7.01. The van der Waals surface area contributed by atoms with Gasteiger partial charge >= 0.3 is 0 Å².